The second-order valence-corrected chi connectivity index (χ2v) is 2.92. The van der Waals surface area contributed by atoms with Gasteiger partial charge in [0.2, 0.25) is 0 Å². The summed E-state index contributed by atoms with van der Waals surface area (Å²) in [6.07, 6.45) is 3.02. The van der Waals surface area contributed by atoms with Crippen molar-refractivity contribution in [3.8, 4) is 5.75 Å². The van der Waals surface area contributed by atoms with Gasteiger partial charge in [-0.25, -0.2) is 4.79 Å². The van der Waals surface area contributed by atoms with Crippen molar-refractivity contribution in [3.05, 3.63) is 48.6 Å². The molecule has 0 aliphatic carbocycles. The SMILES string of the molecule is Cc1ccc2c(c1)OC(=O)C=C=C2.[CH3-].[Lr]. The fourth-order valence-corrected chi connectivity index (χ4v) is 1.19. The molecule has 1 aromatic rings. The molecule has 0 bridgehead atoms. The number of esters is 1. The molecular formula is C12H11LrO2-. The molecule has 87 valence electrons. The van der Waals surface area contributed by atoms with Crippen LogP contribution in [0.5, 0.6) is 5.75 Å². The van der Waals surface area contributed by atoms with Gasteiger partial charge < -0.3 is 12.2 Å². The minimum atomic E-state index is -0.374. The minimum absolute atomic E-state index is 0. The van der Waals surface area contributed by atoms with Crippen LogP contribution in [-0.2, 0) is 4.79 Å². The Morgan fingerprint density at radius 3 is 2.73 bits per heavy atom. The molecular weight excluding hydrogens is 438 g/mol. The van der Waals surface area contributed by atoms with E-state index in [1.807, 2.05) is 25.1 Å². The van der Waals surface area contributed by atoms with E-state index in [1.54, 1.807) is 6.08 Å². The monoisotopic (exact) mass is 449 g/mol. The normalized spacial score (nSPS) is 11.7. The van der Waals surface area contributed by atoms with Gasteiger partial charge in [-0.15, -0.1) is 5.73 Å². The van der Waals surface area contributed by atoms with Crippen LogP contribution in [-0.4, -0.2) is 5.97 Å². The van der Waals surface area contributed by atoms with Crippen LogP contribution in [0.2, 0.25) is 0 Å². The van der Waals surface area contributed by atoms with E-state index in [0.29, 0.717) is 5.75 Å². The van der Waals surface area contributed by atoms with Gasteiger partial charge in [-0.3, -0.25) is 0 Å². The van der Waals surface area contributed by atoms with Crippen LogP contribution in [0.3, 0.4) is 0 Å². The van der Waals surface area contributed by atoms with Crippen LogP contribution in [0.4, 0.5) is 0 Å². The zero-order valence-electron chi connectivity index (χ0n) is 8.46. The van der Waals surface area contributed by atoms with Gasteiger partial charge in [-0.1, -0.05) is 12.1 Å². The topological polar surface area (TPSA) is 26.3 Å². The molecule has 3 heteroatoms. The van der Waals surface area contributed by atoms with E-state index in [2.05, 4.69) is 5.73 Å². The predicted octanol–water partition coefficient (Wildman–Crippen LogP) is 2.53. The number of benzene rings is 1. The van der Waals surface area contributed by atoms with Crippen LogP contribution < -0.4 is 4.74 Å². The maximum atomic E-state index is 11.0. The average molecular weight is 449 g/mol. The van der Waals surface area contributed by atoms with E-state index < -0.39 is 0 Å². The molecule has 1 radical (unpaired) electrons. The Labute approximate surface area is 83.5 Å². The van der Waals surface area contributed by atoms with Gasteiger partial charge in [0.15, 0.2) is 0 Å². The fourth-order valence-electron chi connectivity index (χ4n) is 1.19. The number of ether oxygens (including phenoxy) is 1. The second-order valence-electron chi connectivity index (χ2n) is 2.92. The summed E-state index contributed by atoms with van der Waals surface area (Å²) in [5.41, 5.74) is 4.70. The van der Waals surface area contributed by atoms with Crippen molar-refractivity contribution in [1.82, 2.24) is 0 Å². The first-order valence-corrected chi connectivity index (χ1v) is 4.01. The molecule has 0 saturated carbocycles. The summed E-state index contributed by atoms with van der Waals surface area (Å²) in [5.74, 6) is 0.229. The molecule has 0 atom stereocenters. The summed E-state index contributed by atoms with van der Waals surface area (Å²) >= 11 is 0. The van der Waals surface area contributed by atoms with Gasteiger partial charge >= 0.3 is 5.97 Å². The van der Waals surface area contributed by atoms with Crippen molar-refractivity contribution in [2.24, 2.45) is 0 Å². The minimum Gasteiger partial charge on any atom is -0.422 e. The zero-order chi connectivity index (χ0) is 9.26. The predicted molar refractivity (Wildman–Crippen MR) is 55.8 cm³/mol. The quantitative estimate of drug-likeness (QED) is 0.264. The first-order valence-electron chi connectivity index (χ1n) is 4.01. The van der Waals surface area contributed by atoms with Crippen LogP contribution in [0.15, 0.2) is 30.0 Å². The molecule has 0 fully saturated rings. The molecule has 2 nitrogen and oxygen atoms in total. The summed E-state index contributed by atoms with van der Waals surface area (Å²) in [4.78, 5) is 11.0. The number of hydrogen-bond donors (Lipinski definition) is 0. The molecule has 0 saturated heterocycles. The van der Waals surface area contributed by atoms with Gasteiger partial charge in [-0.2, -0.15) is 0 Å². The first-order chi connectivity index (χ1) is 6.25. The molecule has 1 aromatic carbocycles. The summed E-state index contributed by atoms with van der Waals surface area (Å²) in [5, 5.41) is 0. The number of fused-ring (bicyclic) bond motifs is 1. The second kappa shape index (κ2) is 4.45. The van der Waals surface area contributed by atoms with E-state index in [1.165, 1.54) is 6.08 Å². The summed E-state index contributed by atoms with van der Waals surface area (Å²) in [7, 11) is 0. The molecule has 0 spiro atoms. The Balaban J connectivity index is 0.000000980. The number of aryl methyl sites for hydroxylation is 1. The van der Waals surface area contributed by atoms with E-state index in [-0.39, 0.29) is 13.4 Å². The van der Waals surface area contributed by atoms with Gasteiger partial charge in [0, 0.05) is 5.56 Å². The molecule has 0 amide bonds. The molecule has 1 aliphatic heterocycles. The Bertz CT molecular complexity index is 429. The molecule has 1 aliphatic rings. The van der Waals surface area contributed by atoms with E-state index >= 15 is 0 Å². The van der Waals surface area contributed by atoms with Crippen molar-refractivity contribution in [3.63, 3.8) is 0 Å². The van der Waals surface area contributed by atoms with Gasteiger partial charge in [0.25, 0.3) is 0 Å². The Morgan fingerprint density at radius 2 is 2.00 bits per heavy atom. The molecule has 1 heterocycles. The first kappa shape index (κ1) is 12.2. The number of carbonyl (C=O) groups is 1. The van der Waals surface area contributed by atoms with E-state index in [9.17, 15) is 4.79 Å². The average Bonchev–Trinajstić information content (AvgIpc) is 2.25. The van der Waals surface area contributed by atoms with Crippen LogP contribution >= 0.6 is 0 Å². The Kier molecular flexibility index (Phi) is 3.62. The molecule has 0 N–H and O–H groups in total. The van der Waals surface area contributed by atoms with Gasteiger partial charge in [0.05, 0.1) is 6.08 Å². The van der Waals surface area contributed by atoms with Crippen LogP contribution in [0.1, 0.15) is 11.1 Å². The number of carbonyl (C=O) groups excluding carboxylic acids is 1. The maximum Gasteiger partial charge on any atom is 0.344 e. The van der Waals surface area contributed by atoms with Crippen molar-refractivity contribution in [2.75, 3.05) is 0 Å². The Hall–Kier alpha value is -2.79. The summed E-state index contributed by atoms with van der Waals surface area (Å²) in [6, 6.07) is 5.71. The van der Waals surface area contributed by atoms with Gasteiger partial charge in [0.1, 0.15) is 5.75 Å². The van der Waals surface area contributed by atoms with E-state index in [0.717, 1.165) is 11.1 Å². The number of hydrogen-bond acceptors (Lipinski definition) is 2. The molecule has 0 unspecified atom stereocenters. The maximum absolute atomic E-state index is 11.0. The van der Waals surface area contributed by atoms with Crippen molar-refractivity contribution in [2.45, 2.75) is 6.92 Å². The van der Waals surface area contributed by atoms with Crippen LogP contribution in [0.25, 0.3) is 6.08 Å². The third-order valence-corrected chi connectivity index (χ3v) is 1.82. The summed E-state index contributed by atoms with van der Waals surface area (Å²) < 4.78 is 5.05. The smallest absolute Gasteiger partial charge is 0.344 e. The summed E-state index contributed by atoms with van der Waals surface area (Å²) in [6.45, 7) is 1.95. The van der Waals surface area contributed by atoms with E-state index in [4.69, 9.17) is 4.74 Å². The zero-order valence-corrected chi connectivity index (χ0v) is 10.6. The Morgan fingerprint density at radius 1 is 1.27 bits per heavy atom. The molecule has 15 heavy (non-hydrogen) atoms. The fraction of sp³-hybridized carbons (Fsp3) is 0.0833. The molecule has 2 rings (SSSR count). The van der Waals surface area contributed by atoms with Crippen molar-refractivity contribution >= 4 is 12.0 Å². The van der Waals surface area contributed by atoms with Crippen molar-refractivity contribution < 1.29 is 9.53 Å². The third kappa shape index (κ3) is 2.33. The van der Waals surface area contributed by atoms with Gasteiger partial charge in [-0.05, 0) is 24.6 Å². The third-order valence-electron chi connectivity index (χ3n) is 1.82. The molecule has 0 aromatic heterocycles. The standard InChI is InChI=1S/C11H8O2.CH3.Lr/c1-8-5-6-9-3-2-4-11(12)13-10(9)7-8;;/h3-7H,1H3;1H3;/q;-1;. The van der Waals surface area contributed by atoms with Crippen LogP contribution in [0, 0.1) is 14.4 Å². The largest absolute Gasteiger partial charge is 0.422 e. The number of rotatable bonds is 0. The van der Waals surface area contributed by atoms with Crippen molar-refractivity contribution in [1.29, 1.82) is 0 Å².